The minimum atomic E-state index is -1.86. The van der Waals surface area contributed by atoms with Gasteiger partial charge in [0.15, 0.2) is 5.78 Å². The number of carbonyl (C=O) groups excluding carboxylic acids is 1. The molecule has 12 heteroatoms. The molecular weight excluding hydrogens is 336 g/mol. The predicted octanol–water partition coefficient (Wildman–Crippen LogP) is -6.96. The van der Waals surface area contributed by atoms with Crippen molar-refractivity contribution in [3.05, 3.63) is 0 Å². The second kappa shape index (κ2) is 13.5. The maximum Gasteiger partial charge on any atom is 0.189 e. The van der Waals surface area contributed by atoms with E-state index in [-0.39, 0.29) is 0 Å². The average Bonchev–Trinajstić information content (AvgIpc) is 2.62. The highest BCUT2D eigenvalue weighted by Gasteiger charge is 2.29. The largest absolute Gasteiger partial charge is 0.394 e. The van der Waals surface area contributed by atoms with Crippen LogP contribution in [-0.2, 0) is 4.79 Å². The van der Waals surface area contributed by atoms with Crippen molar-refractivity contribution in [2.75, 3.05) is 26.4 Å². The smallest absolute Gasteiger partial charge is 0.189 e. The second-order valence-electron chi connectivity index (χ2n) is 4.79. The highest BCUT2D eigenvalue weighted by atomic mass is 16.4. The zero-order valence-electron chi connectivity index (χ0n) is 12.7. The third-order valence-corrected chi connectivity index (χ3v) is 2.90. The van der Waals surface area contributed by atoms with Crippen LogP contribution in [0.2, 0.25) is 0 Å². The minimum absolute atomic E-state index is 0.726. The molecule has 0 radical (unpaired) electrons. The molecule has 12 nitrogen and oxygen atoms in total. The van der Waals surface area contributed by atoms with E-state index in [2.05, 4.69) is 0 Å². The van der Waals surface area contributed by atoms with Gasteiger partial charge in [0.1, 0.15) is 49.3 Å². The number of hydrogen-bond donors (Lipinski definition) is 11. The molecule has 0 aliphatic carbocycles. The van der Waals surface area contributed by atoms with Crippen molar-refractivity contribution in [3.8, 4) is 0 Å². The fourth-order valence-corrected chi connectivity index (χ4v) is 1.27. The summed E-state index contributed by atoms with van der Waals surface area (Å²) in [5, 5.41) is 95.2. The minimum Gasteiger partial charge on any atom is -0.394 e. The first-order valence-corrected chi connectivity index (χ1v) is 6.81. The van der Waals surface area contributed by atoms with Crippen LogP contribution in [0.4, 0.5) is 0 Å². The summed E-state index contributed by atoms with van der Waals surface area (Å²) in [4.78, 5) is 10.5. The van der Waals surface area contributed by atoms with E-state index in [4.69, 9.17) is 56.2 Å². The Morgan fingerprint density at radius 3 is 1.12 bits per heavy atom. The first-order valence-electron chi connectivity index (χ1n) is 6.81. The van der Waals surface area contributed by atoms with Gasteiger partial charge in [-0.25, -0.2) is 0 Å². The van der Waals surface area contributed by atoms with Crippen molar-refractivity contribution < 1.29 is 61.0 Å². The molecule has 0 fully saturated rings. The Labute approximate surface area is 137 Å². The summed E-state index contributed by atoms with van der Waals surface area (Å²) in [6.07, 6.45) is -11.6. The molecule has 0 amide bonds. The van der Waals surface area contributed by atoms with Crippen LogP contribution in [0.1, 0.15) is 0 Å². The lowest BCUT2D eigenvalue weighted by molar-refractivity contribution is -0.142. The maximum absolute atomic E-state index is 10.5. The Bertz CT molecular complexity index is 313. The second-order valence-corrected chi connectivity index (χ2v) is 4.79. The van der Waals surface area contributed by atoms with Gasteiger partial charge in [-0.3, -0.25) is 4.79 Å². The Hall–Kier alpha value is -0.770. The molecule has 0 aliphatic rings. The molecule has 146 valence electrons. The van der Waals surface area contributed by atoms with E-state index in [1.54, 1.807) is 0 Å². The highest BCUT2D eigenvalue weighted by molar-refractivity contribution is 5.84. The van der Waals surface area contributed by atoms with E-state index in [1.807, 2.05) is 0 Å². The van der Waals surface area contributed by atoms with Gasteiger partial charge in [0, 0.05) is 0 Å². The summed E-state index contributed by atoms with van der Waals surface area (Å²) in [6.45, 7) is -3.14. The van der Waals surface area contributed by atoms with Crippen LogP contribution >= 0.6 is 0 Å². The molecule has 0 aromatic carbocycles. The highest BCUT2D eigenvalue weighted by Crippen LogP contribution is 2.04. The number of rotatable bonds is 10. The van der Waals surface area contributed by atoms with Gasteiger partial charge < -0.3 is 56.2 Å². The molecule has 0 aliphatic heterocycles. The van der Waals surface area contributed by atoms with Gasteiger partial charge >= 0.3 is 0 Å². The standard InChI is InChI=1S/C6H14O6.C6H12O6/c2*7-1-3(9)5(11)6(12)4(10)2-8/h3-12H,1-2H2;3,5-9,11-12H,1-2H2/t3-,4-,5+,6+;3-,5+,6+/m11/s1. The number of carbonyl (C=O) groups is 1. The molecule has 0 spiro atoms. The number of ketones is 1. The Kier molecular flexibility index (Phi) is 14.3. The summed E-state index contributed by atoms with van der Waals surface area (Å²) >= 11 is 0. The number of Topliss-reactive ketones (excluding diaryl/α,β-unsaturated/α-hetero) is 1. The van der Waals surface area contributed by atoms with Gasteiger partial charge in [-0.1, -0.05) is 0 Å². The van der Waals surface area contributed by atoms with E-state index < -0.39 is 74.9 Å². The topological polar surface area (TPSA) is 240 Å². The van der Waals surface area contributed by atoms with Gasteiger partial charge in [0.05, 0.1) is 19.8 Å². The van der Waals surface area contributed by atoms with Crippen LogP contribution in [0.15, 0.2) is 0 Å². The number of hydrogen-bond acceptors (Lipinski definition) is 12. The van der Waals surface area contributed by atoms with E-state index >= 15 is 0 Å². The molecule has 0 rings (SSSR count). The molecule has 11 N–H and O–H groups in total. The molecule has 0 aromatic heterocycles. The van der Waals surface area contributed by atoms with Gasteiger partial charge in [-0.2, -0.15) is 0 Å². The summed E-state index contributed by atoms with van der Waals surface area (Å²) in [5.74, 6) is -1.00. The van der Waals surface area contributed by atoms with E-state index in [0.29, 0.717) is 0 Å². The molecule has 0 aromatic rings. The number of aliphatic hydroxyl groups is 11. The predicted molar refractivity (Wildman–Crippen MR) is 75.4 cm³/mol. The lowest BCUT2D eigenvalue weighted by Crippen LogP contribution is -2.46. The average molecular weight is 362 g/mol. The van der Waals surface area contributed by atoms with Crippen molar-refractivity contribution in [3.63, 3.8) is 0 Å². The van der Waals surface area contributed by atoms with Crippen molar-refractivity contribution in [2.45, 2.75) is 42.7 Å². The quantitative estimate of drug-likeness (QED) is 0.174. The van der Waals surface area contributed by atoms with E-state index in [1.165, 1.54) is 0 Å². The zero-order valence-corrected chi connectivity index (χ0v) is 12.7. The molecule has 0 bridgehead atoms. The van der Waals surface area contributed by atoms with Crippen molar-refractivity contribution >= 4 is 5.78 Å². The fourth-order valence-electron chi connectivity index (χ4n) is 1.27. The summed E-state index contributed by atoms with van der Waals surface area (Å²) in [7, 11) is 0. The first kappa shape index (κ1) is 25.5. The van der Waals surface area contributed by atoms with Crippen LogP contribution in [-0.4, -0.2) is 131 Å². The fraction of sp³-hybridized carbons (Fsp3) is 0.917. The first-order chi connectivity index (χ1) is 11.1. The van der Waals surface area contributed by atoms with E-state index in [9.17, 15) is 4.79 Å². The van der Waals surface area contributed by atoms with Gasteiger partial charge in [-0.15, -0.1) is 0 Å². The maximum atomic E-state index is 10.5. The van der Waals surface area contributed by atoms with Crippen molar-refractivity contribution in [1.29, 1.82) is 0 Å². The third kappa shape index (κ3) is 8.91. The zero-order chi connectivity index (χ0) is 19.4. The molecular formula is C12H26O12. The van der Waals surface area contributed by atoms with Crippen LogP contribution in [0.5, 0.6) is 0 Å². The van der Waals surface area contributed by atoms with Crippen LogP contribution in [0, 0.1) is 0 Å². The SMILES string of the molecule is O=C(CO)[C@H](O)[C@@H](O)[C@H](O)CO.OC[C@@H](O)[C@H](O)[C@@H](O)[C@H](O)CO. The van der Waals surface area contributed by atoms with Gasteiger partial charge in [-0.05, 0) is 0 Å². The normalized spacial score (nSPS) is 20.0. The van der Waals surface area contributed by atoms with Crippen LogP contribution < -0.4 is 0 Å². The Morgan fingerprint density at radius 2 is 0.875 bits per heavy atom. The molecule has 7 atom stereocenters. The van der Waals surface area contributed by atoms with Crippen molar-refractivity contribution in [2.24, 2.45) is 0 Å². The van der Waals surface area contributed by atoms with Crippen LogP contribution in [0.3, 0.4) is 0 Å². The Morgan fingerprint density at radius 1 is 0.583 bits per heavy atom. The van der Waals surface area contributed by atoms with Crippen molar-refractivity contribution in [1.82, 2.24) is 0 Å². The third-order valence-electron chi connectivity index (χ3n) is 2.90. The molecule has 24 heavy (non-hydrogen) atoms. The molecule has 0 heterocycles. The lowest BCUT2D eigenvalue weighted by atomic mass is 10.0. The monoisotopic (exact) mass is 362 g/mol. The summed E-state index contributed by atoms with van der Waals surface area (Å²) in [6, 6.07) is 0. The lowest BCUT2D eigenvalue weighted by Gasteiger charge is -2.24. The summed E-state index contributed by atoms with van der Waals surface area (Å²) in [5.41, 5.74) is 0. The summed E-state index contributed by atoms with van der Waals surface area (Å²) < 4.78 is 0. The Balaban J connectivity index is 0. The van der Waals surface area contributed by atoms with Gasteiger partial charge in [0.25, 0.3) is 0 Å². The molecule has 0 unspecified atom stereocenters. The van der Waals surface area contributed by atoms with E-state index in [0.717, 1.165) is 0 Å². The molecule has 0 saturated heterocycles. The number of aliphatic hydroxyl groups excluding tert-OH is 11. The molecule has 0 saturated carbocycles. The van der Waals surface area contributed by atoms with Crippen LogP contribution in [0.25, 0.3) is 0 Å². The van der Waals surface area contributed by atoms with Gasteiger partial charge in [0.2, 0.25) is 0 Å².